The summed E-state index contributed by atoms with van der Waals surface area (Å²) in [4.78, 5) is 35.9. The number of H-pyrrole nitrogens is 1. The number of amides is 3. The van der Waals surface area contributed by atoms with Crippen molar-refractivity contribution in [2.75, 3.05) is 19.8 Å². The molecule has 3 N–H and O–H groups in total. The van der Waals surface area contributed by atoms with E-state index in [0.29, 0.717) is 22.4 Å². The van der Waals surface area contributed by atoms with Crippen LogP contribution < -0.4 is 20.1 Å². The lowest BCUT2D eigenvalue weighted by Crippen LogP contribution is -2.46. The first-order valence-corrected chi connectivity index (χ1v) is 9.16. The molecule has 10 nitrogen and oxygen atoms in total. The molecule has 30 heavy (non-hydrogen) atoms. The minimum atomic E-state index is -0.771. The average molecular weight is 410 g/mol. The van der Waals surface area contributed by atoms with Crippen molar-refractivity contribution in [3.63, 3.8) is 0 Å². The molecule has 0 saturated carbocycles. The van der Waals surface area contributed by atoms with Gasteiger partial charge in [0.25, 0.3) is 5.91 Å². The molecule has 4 rings (SSSR count). The number of hydrogen-bond acceptors (Lipinski definition) is 7. The van der Waals surface area contributed by atoms with E-state index in [4.69, 9.17) is 14.2 Å². The molecule has 0 saturated heterocycles. The monoisotopic (exact) mass is 410 g/mol. The highest BCUT2D eigenvalue weighted by Gasteiger charge is 2.22. The second-order valence-electron chi connectivity index (χ2n) is 6.45. The number of esters is 1. The molecule has 3 aromatic rings. The highest BCUT2D eigenvalue weighted by molar-refractivity contribution is 6.03. The number of hydrogen-bond donors (Lipinski definition) is 3. The average Bonchev–Trinajstić information content (AvgIpc) is 3.20. The Labute approximate surface area is 170 Å². The van der Waals surface area contributed by atoms with Gasteiger partial charge in [-0.25, -0.2) is 9.59 Å². The fourth-order valence-corrected chi connectivity index (χ4v) is 2.90. The Hall–Kier alpha value is -4.08. The van der Waals surface area contributed by atoms with Gasteiger partial charge in [0.05, 0.1) is 12.1 Å². The van der Waals surface area contributed by atoms with Gasteiger partial charge in [-0.3, -0.25) is 15.2 Å². The van der Waals surface area contributed by atoms with Crippen LogP contribution in [0.3, 0.4) is 0 Å². The van der Waals surface area contributed by atoms with Gasteiger partial charge in [0.1, 0.15) is 6.61 Å². The van der Waals surface area contributed by atoms with Crippen molar-refractivity contribution in [1.82, 2.24) is 20.8 Å². The highest BCUT2D eigenvalue weighted by atomic mass is 16.6. The molecule has 0 bridgehead atoms. The summed E-state index contributed by atoms with van der Waals surface area (Å²) in [6, 6.07) is 13.5. The summed E-state index contributed by atoms with van der Waals surface area (Å²) in [6.45, 7) is -0.225. The summed E-state index contributed by atoms with van der Waals surface area (Å²) < 4.78 is 16.2. The van der Waals surface area contributed by atoms with Crippen LogP contribution in [-0.2, 0) is 9.53 Å². The molecule has 1 aliphatic rings. The minimum Gasteiger partial charge on any atom is -0.486 e. The summed E-state index contributed by atoms with van der Waals surface area (Å²) in [7, 11) is 0. The largest absolute Gasteiger partial charge is 0.486 e. The molecule has 0 aliphatic carbocycles. The van der Waals surface area contributed by atoms with Crippen LogP contribution in [0.25, 0.3) is 10.9 Å². The maximum Gasteiger partial charge on any atom is 0.359 e. The van der Waals surface area contributed by atoms with Gasteiger partial charge in [-0.2, -0.15) is 5.10 Å². The maximum atomic E-state index is 12.1. The van der Waals surface area contributed by atoms with E-state index in [1.165, 1.54) is 0 Å². The SMILES string of the molecule is O=C(COC(=O)c1n[nH]c2ccccc12)NC(=O)NCC1COc2ccccc2O1. The van der Waals surface area contributed by atoms with Crippen molar-refractivity contribution in [3.05, 3.63) is 54.2 Å². The smallest absolute Gasteiger partial charge is 0.359 e. The van der Waals surface area contributed by atoms with Crippen molar-refractivity contribution in [1.29, 1.82) is 0 Å². The zero-order valence-electron chi connectivity index (χ0n) is 15.7. The van der Waals surface area contributed by atoms with E-state index in [2.05, 4.69) is 20.8 Å². The molecule has 1 unspecified atom stereocenters. The number of carbonyl (C=O) groups excluding carboxylic acids is 3. The van der Waals surface area contributed by atoms with E-state index in [-0.39, 0.29) is 18.8 Å². The number of benzene rings is 2. The molecule has 2 aromatic carbocycles. The molecular formula is C20H18N4O6. The Morgan fingerprint density at radius 1 is 1.10 bits per heavy atom. The van der Waals surface area contributed by atoms with Crippen molar-refractivity contribution >= 4 is 28.8 Å². The van der Waals surface area contributed by atoms with E-state index in [1.54, 1.807) is 36.4 Å². The van der Waals surface area contributed by atoms with Gasteiger partial charge >= 0.3 is 12.0 Å². The van der Waals surface area contributed by atoms with Crippen LogP contribution in [0.1, 0.15) is 10.5 Å². The number of para-hydroxylation sites is 3. The van der Waals surface area contributed by atoms with Crippen LogP contribution in [0.15, 0.2) is 48.5 Å². The predicted octanol–water partition coefficient (Wildman–Crippen LogP) is 1.39. The first-order chi connectivity index (χ1) is 14.6. The number of urea groups is 1. The molecule has 154 valence electrons. The van der Waals surface area contributed by atoms with E-state index in [1.807, 2.05) is 12.1 Å². The van der Waals surface area contributed by atoms with Gasteiger partial charge in [0.2, 0.25) is 0 Å². The Bertz CT molecular complexity index is 1100. The first-order valence-electron chi connectivity index (χ1n) is 9.16. The van der Waals surface area contributed by atoms with Crippen LogP contribution in [0, 0.1) is 0 Å². The summed E-state index contributed by atoms with van der Waals surface area (Å²) >= 11 is 0. The lowest BCUT2D eigenvalue weighted by molar-refractivity contribution is -0.123. The van der Waals surface area contributed by atoms with Gasteiger partial charge in [-0.15, -0.1) is 0 Å². The molecule has 0 radical (unpaired) electrons. The van der Waals surface area contributed by atoms with Crippen molar-refractivity contribution in [2.24, 2.45) is 0 Å². The number of carbonyl (C=O) groups is 3. The minimum absolute atomic E-state index is 0.0672. The first kappa shape index (κ1) is 19.2. The molecule has 1 aliphatic heterocycles. The predicted molar refractivity (Wildman–Crippen MR) is 104 cm³/mol. The van der Waals surface area contributed by atoms with Gasteiger partial charge in [-0.05, 0) is 18.2 Å². The van der Waals surface area contributed by atoms with Crippen LogP contribution in [0.2, 0.25) is 0 Å². The third-order valence-electron chi connectivity index (χ3n) is 4.31. The zero-order chi connectivity index (χ0) is 20.9. The summed E-state index contributed by atoms with van der Waals surface area (Å²) in [5.41, 5.74) is 0.738. The fourth-order valence-electron chi connectivity index (χ4n) is 2.90. The number of aromatic nitrogens is 2. The second-order valence-corrected chi connectivity index (χ2v) is 6.45. The Kier molecular flexibility index (Phi) is 5.46. The van der Waals surface area contributed by atoms with Crippen LogP contribution in [-0.4, -0.2) is 54.0 Å². The molecular weight excluding hydrogens is 392 g/mol. The Morgan fingerprint density at radius 2 is 1.87 bits per heavy atom. The molecule has 0 spiro atoms. The van der Waals surface area contributed by atoms with Crippen LogP contribution >= 0.6 is 0 Å². The van der Waals surface area contributed by atoms with Gasteiger partial charge in [0, 0.05) is 5.39 Å². The molecule has 1 atom stereocenters. The third kappa shape index (κ3) is 4.32. The number of ether oxygens (including phenoxy) is 3. The maximum absolute atomic E-state index is 12.1. The molecule has 3 amide bonds. The lowest BCUT2D eigenvalue weighted by atomic mass is 10.2. The van der Waals surface area contributed by atoms with Crippen molar-refractivity contribution in [3.8, 4) is 11.5 Å². The van der Waals surface area contributed by atoms with Gasteiger partial charge < -0.3 is 19.5 Å². The standard InChI is InChI=1S/C20H18N4O6/c25-17(11-29-19(26)18-13-5-1-2-6-14(13)23-24-18)22-20(27)21-9-12-10-28-15-7-3-4-8-16(15)30-12/h1-8,12H,9-11H2,(H,23,24)(H2,21,22,25,27). The molecule has 2 heterocycles. The number of imide groups is 1. The molecule has 10 heteroatoms. The fraction of sp³-hybridized carbons (Fsp3) is 0.200. The van der Waals surface area contributed by atoms with E-state index in [9.17, 15) is 14.4 Å². The number of nitrogens with zero attached hydrogens (tertiary/aromatic N) is 1. The number of rotatable bonds is 5. The van der Waals surface area contributed by atoms with Gasteiger partial charge in [0.15, 0.2) is 29.9 Å². The molecule has 1 aromatic heterocycles. The quantitative estimate of drug-likeness (QED) is 0.542. The summed E-state index contributed by atoms with van der Waals surface area (Å²) in [5, 5.41) is 11.8. The Balaban J connectivity index is 1.21. The summed E-state index contributed by atoms with van der Waals surface area (Å²) in [6.07, 6.45) is -0.397. The topological polar surface area (TPSA) is 132 Å². The van der Waals surface area contributed by atoms with E-state index < -0.39 is 30.6 Å². The number of nitrogens with one attached hydrogen (secondary N) is 3. The van der Waals surface area contributed by atoms with Crippen molar-refractivity contribution in [2.45, 2.75) is 6.10 Å². The number of fused-ring (bicyclic) bond motifs is 2. The van der Waals surface area contributed by atoms with E-state index in [0.717, 1.165) is 0 Å². The summed E-state index contributed by atoms with van der Waals surface area (Å²) in [5.74, 6) is -0.314. The normalized spacial score (nSPS) is 14.7. The zero-order valence-corrected chi connectivity index (χ0v) is 15.7. The van der Waals surface area contributed by atoms with Gasteiger partial charge in [-0.1, -0.05) is 30.3 Å². The third-order valence-corrected chi connectivity index (χ3v) is 4.31. The van der Waals surface area contributed by atoms with Crippen LogP contribution in [0.5, 0.6) is 11.5 Å². The highest BCUT2D eigenvalue weighted by Crippen LogP contribution is 2.30. The van der Waals surface area contributed by atoms with E-state index >= 15 is 0 Å². The molecule has 0 fully saturated rings. The number of aromatic amines is 1. The van der Waals surface area contributed by atoms with Crippen LogP contribution in [0.4, 0.5) is 4.79 Å². The Morgan fingerprint density at radius 3 is 2.73 bits per heavy atom. The second kappa shape index (κ2) is 8.52. The lowest BCUT2D eigenvalue weighted by Gasteiger charge is -2.26. The van der Waals surface area contributed by atoms with Crippen molar-refractivity contribution < 1.29 is 28.6 Å².